The number of likely N-dealkylation sites (tertiary alicyclic amines) is 1. The topological polar surface area (TPSA) is 40.5 Å². The van der Waals surface area contributed by atoms with Gasteiger partial charge in [-0.3, -0.25) is 4.79 Å². The van der Waals surface area contributed by atoms with E-state index in [4.69, 9.17) is 5.11 Å². The maximum atomic E-state index is 10.9. The van der Waals surface area contributed by atoms with E-state index in [1.807, 2.05) is 6.92 Å². The first-order valence-corrected chi connectivity index (χ1v) is 5.04. The lowest BCUT2D eigenvalue weighted by molar-refractivity contribution is -0.147. The number of rotatable bonds is 4. The molecule has 1 atom stereocenters. The summed E-state index contributed by atoms with van der Waals surface area (Å²) in [5, 5.41) is 8.99. The van der Waals surface area contributed by atoms with Crippen LogP contribution in [0.1, 0.15) is 33.1 Å². The molecule has 1 heterocycles. The van der Waals surface area contributed by atoms with E-state index in [1.165, 1.54) is 12.8 Å². The van der Waals surface area contributed by atoms with E-state index in [1.54, 1.807) is 0 Å². The average molecular weight is 185 g/mol. The third-order valence-electron chi connectivity index (χ3n) is 2.90. The van der Waals surface area contributed by atoms with E-state index in [0.717, 1.165) is 26.1 Å². The Morgan fingerprint density at radius 3 is 2.77 bits per heavy atom. The molecule has 3 heteroatoms. The molecule has 1 aliphatic rings. The minimum atomic E-state index is -0.647. The zero-order chi connectivity index (χ0) is 9.90. The van der Waals surface area contributed by atoms with E-state index >= 15 is 0 Å². The molecule has 76 valence electrons. The Kier molecular flexibility index (Phi) is 3.31. The smallest absolute Gasteiger partial charge is 0.310 e. The van der Waals surface area contributed by atoms with Gasteiger partial charge in [0.15, 0.2) is 0 Å². The van der Waals surface area contributed by atoms with Gasteiger partial charge in [-0.05, 0) is 32.9 Å². The van der Waals surface area contributed by atoms with Gasteiger partial charge in [0.2, 0.25) is 0 Å². The molecule has 13 heavy (non-hydrogen) atoms. The summed E-state index contributed by atoms with van der Waals surface area (Å²) < 4.78 is 0. The average Bonchev–Trinajstić information content (AvgIpc) is 2.45. The third kappa shape index (κ3) is 2.44. The lowest BCUT2D eigenvalue weighted by atomic mass is 9.90. The van der Waals surface area contributed by atoms with Crippen LogP contribution in [-0.2, 0) is 4.79 Å². The number of hydrogen-bond acceptors (Lipinski definition) is 2. The van der Waals surface area contributed by atoms with Crippen molar-refractivity contribution >= 4 is 5.97 Å². The highest BCUT2D eigenvalue weighted by atomic mass is 16.4. The molecule has 1 saturated heterocycles. The van der Waals surface area contributed by atoms with E-state index in [0.29, 0.717) is 0 Å². The Morgan fingerprint density at radius 2 is 2.31 bits per heavy atom. The summed E-state index contributed by atoms with van der Waals surface area (Å²) >= 11 is 0. The highest BCUT2D eigenvalue weighted by Gasteiger charge is 2.39. The Balaban J connectivity index is 2.39. The van der Waals surface area contributed by atoms with Gasteiger partial charge < -0.3 is 10.0 Å². The fourth-order valence-corrected chi connectivity index (χ4v) is 1.80. The predicted octanol–water partition coefficient (Wildman–Crippen LogP) is 1.58. The van der Waals surface area contributed by atoms with Gasteiger partial charge in [0.1, 0.15) is 0 Å². The number of unbranched alkanes of at least 4 members (excludes halogenated alkanes) is 1. The molecule has 0 amide bonds. The standard InChI is InChI=1S/C10H19NO2/c1-3-4-6-11-7-5-10(2,8-11)9(12)13/h3-8H2,1-2H3,(H,12,13). The quantitative estimate of drug-likeness (QED) is 0.723. The molecule has 0 aromatic rings. The van der Waals surface area contributed by atoms with Crippen LogP contribution in [0.5, 0.6) is 0 Å². The molecule has 0 aromatic heterocycles. The van der Waals surface area contributed by atoms with Gasteiger partial charge in [-0.1, -0.05) is 13.3 Å². The molecule has 0 radical (unpaired) electrons. The molecule has 0 spiro atoms. The van der Waals surface area contributed by atoms with Gasteiger partial charge >= 0.3 is 5.97 Å². The summed E-state index contributed by atoms with van der Waals surface area (Å²) in [7, 11) is 0. The number of carboxylic acid groups (broad SMARTS) is 1. The summed E-state index contributed by atoms with van der Waals surface area (Å²) in [6.07, 6.45) is 3.15. The highest BCUT2D eigenvalue weighted by molar-refractivity contribution is 5.74. The molecule has 1 N–H and O–H groups in total. The molecular weight excluding hydrogens is 166 g/mol. The Bertz CT molecular complexity index is 193. The van der Waals surface area contributed by atoms with Gasteiger partial charge in [-0.25, -0.2) is 0 Å². The SMILES string of the molecule is CCCCN1CCC(C)(C(=O)O)C1. The maximum Gasteiger partial charge on any atom is 0.310 e. The molecule has 0 saturated carbocycles. The number of nitrogens with zero attached hydrogens (tertiary/aromatic N) is 1. The number of carboxylic acids is 1. The second-order valence-electron chi connectivity index (χ2n) is 4.25. The molecule has 0 aromatic carbocycles. The largest absolute Gasteiger partial charge is 0.481 e. The Morgan fingerprint density at radius 1 is 1.62 bits per heavy atom. The minimum absolute atomic E-state index is 0.492. The summed E-state index contributed by atoms with van der Waals surface area (Å²) in [5.41, 5.74) is -0.492. The van der Waals surface area contributed by atoms with Crippen molar-refractivity contribution in [3.05, 3.63) is 0 Å². The van der Waals surface area contributed by atoms with Crippen LogP contribution >= 0.6 is 0 Å². The van der Waals surface area contributed by atoms with Crippen molar-refractivity contribution in [2.45, 2.75) is 33.1 Å². The first-order valence-electron chi connectivity index (χ1n) is 5.04. The van der Waals surface area contributed by atoms with Gasteiger partial charge in [-0.2, -0.15) is 0 Å². The van der Waals surface area contributed by atoms with Gasteiger partial charge in [0.25, 0.3) is 0 Å². The third-order valence-corrected chi connectivity index (χ3v) is 2.90. The Labute approximate surface area is 79.7 Å². The van der Waals surface area contributed by atoms with E-state index in [9.17, 15) is 4.79 Å². The molecule has 0 aliphatic carbocycles. The summed E-state index contributed by atoms with van der Waals surface area (Å²) in [6, 6.07) is 0. The zero-order valence-corrected chi connectivity index (χ0v) is 8.55. The van der Waals surface area contributed by atoms with Crippen LogP contribution in [-0.4, -0.2) is 35.6 Å². The molecule has 3 nitrogen and oxygen atoms in total. The molecule has 1 fully saturated rings. The first kappa shape index (κ1) is 10.5. The predicted molar refractivity (Wildman–Crippen MR) is 51.7 cm³/mol. The van der Waals surface area contributed by atoms with E-state index in [-0.39, 0.29) is 0 Å². The van der Waals surface area contributed by atoms with Crippen molar-refractivity contribution in [2.75, 3.05) is 19.6 Å². The van der Waals surface area contributed by atoms with Crippen molar-refractivity contribution in [3.8, 4) is 0 Å². The number of aliphatic carboxylic acids is 1. The van der Waals surface area contributed by atoms with Crippen LogP contribution in [0.15, 0.2) is 0 Å². The second kappa shape index (κ2) is 4.09. The lowest BCUT2D eigenvalue weighted by Gasteiger charge is -2.19. The van der Waals surface area contributed by atoms with Crippen molar-refractivity contribution < 1.29 is 9.90 Å². The summed E-state index contributed by atoms with van der Waals surface area (Å²) in [5.74, 6) is -0.647. The fraction of sp³-hybridized carbons (Fsp3) is 0.900. The number of carbonyl (C=O) groups is 1. The molecule has 1 rings (SSSR count). The normalized spacial score (nSPS) is 29.4. The zero-order valence-electron chi connectivity index (χ0n) is 8.55. The Hall–Kier alpha value is -0.570. The van der Waals surface area contributed by atoms with Crippen LogP contribution in [0.4, 0.5) is 0 Å². The van der Waals surface area contributed by atoms with Crippen molar-refractivity contribution in [3.63, 3.8) is 0 Å². The number of hydrogen-bond donors (Lipinski definition) is 1. The highest BCUT2D eigenvalue weighted by Crippen LogP contribution is 2.29. The monoisotopic (exact) mass is 185 g/mol. The fourth-order valence-electron chi connectivity index (χ4n) is 1.80. The van der Waals surface area contributed by atoms with Crippen molar-refractivity contribution in [2.24, 2.45) is 5.41 Å². The van der Waals surface area contributed by atoms with Gasteiger partial charge in [0, 0.05) is 6.54 Å². The molecule has 0 bridgehead atoms. The van der Waals surface area contributed by atoms with Gasteiger partial charge in [-0.15, -0.1) is 0 Å². The van der Waals surface area contributed by atoms with Crippen molar-refractivity contribution in [1.29, 1.82) is 0 Å². The molecule has 1 unspecified atom stereocenters. The molecule has 1 aliphatic heterocycles. The van der Waals surface area contributed by atoms with Crippen LogP contribution in [0.25, 0.3) is 0 Å². The summed E-state index contributed by atoms with van der Waals surface area (Å²) in [6.45, 7) is 6.73. The van der Waals surface area contributed by atoms with Crippen LogP contribution in [0, 0.1) is 5.41 Å². The van der Waals surface area contributed by atoms with Crippen LogP contribution < -0.4 is 0 Å². The van der Waals surface area contributed by atoms with Crippen LogP contribution in [0.2, 0.25) is 0 Å². The minimum Gasteiger partial charge on any atom is -0.481 e. The molecular formula is C10H19NO2. The first-order chi connectivity index (χ1) is 6.08. The van der Waals surface area contributed by atoms with E-state index in [2.05, 4.69) is 11.8 Å². The summed E-state index contributed by atoms with van der Waals surface area (Å²) in [4.78, 5) is 13.2. The van der Waals surface area contributed by atoms with E-state index < -0.39 is 11.4 Å². The second-order valence-corrected chi connectivity index (χ2v) is 4.25. The maximum absolute atomic E-state index is 10.9. The van der Waals surface area contributed by atoms with Crippen molar-refractivity contribution in [1.82, 2.24) is 4.90 Å². The van der Waals surface area contributed by atoms with Gasteiger partial charge in [0.05, 0.1) is 5.41 Å². The van der Waals surface area contributed by atoms with Crippen LogP contribution in [0.3, 0.4) is 0 Å². The lowest BCUT2D eigenvalue weighted by Crippen LogP contribution is -2.32.